The van der Waals surface area contributed by atoms with Crippen LogP contribution < -0.4 is 10.0 Å². The minimum atomic E-state index is -3.68. The van der Waals surface area contributed by atoms with Crippen molar-refractivity contribution in [2.75, 3.05) is 25.4 Å². The average Bonchev–Trinajstić information content (AvgIpc) is 3.27. The molecule has 0 radical (unpaired) electrons. The number of rotatable bonds is 10. The molecule has 2 aromatic carbocycles. The van der Waals surface area contributed by atoms with Gasteiger partial charge >= 0.3 is 0 Å². The lowest BCUT2D eigenvalue weighted by atomic mass is 10.2. The third-order valence-electron chi connectivity index (χ3n) is 4.55. The van der Waals surface area contributed by atoms with Crippen LogP contribution in [-0.2, 0) is 14.8 Å². The zero-order valence-corrected chi connectivity index (χ0v) is 17.8. The van der Waals surface area contributed by atoms with Crippen LogP contribution in [0.2, 0.25) is 0 Å². The summed E-state index contributed by atoms with van der Waals surface area (Å²) in [6.07, 6.45) is 2.55. The standard InChI is InChI=1S/C21H26N2O4S2/c24-21(22-12-6-14-28-19-9-2-1-3-10-19)17-7-4-11-20(15-17)29(25,26)23-16-18-8-5-13-27-18/h1-4,7,9-11,15,18,23H,5-6,8,12-14,16H2,(H,22,24)/t18-/m0/s1. The van der Waals surface area contributed by atoms with E-state index in [1.165, 1.54) is 17.0 Å². The molecule has 1 fully saturated rings. The second-order valence-corrected chi connectivity index (χ2v) is 9.72. The zero-order valence-electron chi connectivity index (χ0n) is 16.2. The van der Waals surface area contributed by atoms with Crippen molar-refractivity contribution in [3.8, 4) is 0 Å². The van der Waals surface area contributed by atoms with Crippen LogP contribution in [0.25, 0.3) is 0 Å². The first kappa shape index (κ1) is 21.8. The molecule has 2 aromatic rings. The van der Waals surface area contributed by atoms with Crippen LogP contribution in [0.15, 0.2) is 64.4 Å². The Morgan fingerprint density at radius 1 is 1.14 bits per heavy atom. The largest absolute Gasteiger partial charge is 0.377 e. The molecule has 3 rings (SSSR count). The van der Waals surface area contributed by atoms with E-state index in [0.717, 1.165) is 25.0 Å². The maximum Gasteiger partial charge on any atom is 0.251 e. The molecule has 1 saturated heterocycles. The van der Waals surface area contributed by atoms with Gasteiger partial charge in [0.1, 0.15) is 0 Å². The molecule has 6 nitrogen and oxygen atoms in total. The summed E-state index contributed by atoms with van der Waals surface area (Å²) in [5.41, 5.74) is 0.334. The van der Waals surface area contributed by atoms with Gasteiger partial charge in [-0.2, -0.15) is 0 Å². The molecule has 0 saturated carbocycles. The summed E-state index contributed by atoms with van der Waals surface area (Å²) < 4.78 is 33.0. The number of ether oxygens (including phenoxy) is 1. The van der Waals surface area contributed by atoms with Crippen molar-refractivity contribution >= 4 is 27.7 Å². The molecule has 156 valence electrons. The first-order chi connectivity index (χ1) is 14.0. The van der Waals surface area contributed by atoms with Gasteiger partial charge in [-0.3, -0.25) is 4.79 Å². The first-order valence-corrected chi connectivity index (χ1v) is 12.2. The van der Waals surface area contributed by atoms with E-state index < -0.39 is 10.0 Å². The minimum absolute atomic E-state index is 0.0787. The normalized spacial score (nSPS) is 16.6. The first-order valence-electron chi connectivity index (χ1n) is 9.72. The molecule has 0 aliphatic carbocycles. The quantitative estimate of drug-likeness (QED) is 0.444. The van der Waals surface area contributed by atoms with Crippen molar-refractivity contribution in [2.24, 2.45) is 0 Å². The van der Waals surface area contributed by atoms with Crippen LogP contribution in [-0.4, -0.2) is 45.9 Å². The second kappa shape index (κ2) is 10.8. The van der Waals surface area contributed by atoms with Crippen LogP contribution in [0.1, 0.15) is 29.6 Å². The Labute approximate surface area is 176 Å². The smallest absolute Gasteiger partial charge is 0.251 e. The Balaban J connectivity index is 1.46. The maximum absolute atomic E-state index is 12.5. The van der Waals surface area contributed by atoms with Gasteiger partial charge in [0.05, 0.1) is 11.0 Å². The summed E-state index contributed by atoms with van der Waals surface area (Å²) in [6, 6.07) is 16.2. The third kappa shape index (κ3) is 6.85. The van der Waals surface area contributed by atoms with Crippen molar-refractivity contribution in [1.29, 1.82) is 0 Å². The van der Waals surface area contributed by atoms with E-state index in [2.05, 4.69) is 22.2 Å². The number of hydrogen-bond acceptors (Lipinski definition) is 5. The molecular weight excluding hydrogens is 408 g/mol. The van der Waals surface area contributed by atoms with Crippen LogP contribution in [0, 0.1) is 0 Å². The van der Waals surface area contributed by atoms with Gasteiger partial charge in [-0.1, -0.05) is 24.3 Å². The van der Waals surface area contributed by atoms with E-state index in [-0.39, 0.29) is 23.5 Å². The fourth-order valence-electron chi connectivity index (χ4n) is 2.98. The fraction of sp³-hybridized carbons (Fsp3) is 0.381. The summed E-state index contributed by atoms with van der Waals surface area (Å²) in [5, 5.41) is 2.85. The second-order valence-electron chi connectivity index (χ2n) is 6.79. The van der Waals surface area contributed by atoms with Gasteiger partial charge in [-0.05, 0) is 55.3 Å². The molecule has 1 aliphatic rings. The summed E-state index contributed by atoms with van der Waals surface area (Å²) in [4.78, 5) is 13.7. The SMILES string of the molecule is O=C(NCCCSc1ccccc1)c1cccc(S(=O)(=O)NC[C@@H]2CCCO2)c1. The van der Waals surface area contributed by atoms with Crippen LogP contribution in [0.3, 0.4) is 0 Å². The lowest BCUT2D eigenvalue weighted by Gasteiger charge is -2.12. The predicted molar refractivity (Wildman–Crippen MR) is 115 cm³/mol. The molecule has 1 atom stereocenters. The number of thioether (sulfide) groups is 1. The lowest BCUT2D eigenvalue weighted by molar-refractivity contribution is 0.0953. The Morgan fingerprint density at radius 3 is 2.72 bits per heavy atom. The molecule has 29 heavy (non-hydrogen) atoms. The van der Waals surface area contributed by atoms with E-state index in [0.29, 0.717) is 18.7 Å². The highest BCUT2D eigenvalue weighted by Crippen LogP contribution is 2.17. The number of sulfonamides is 1. The number of carbonyl (C=O) groups excluding carboxylic acids is 1. The van der Waals surface area contributed by atoms with Crippen molar-refractivity contribution in [3.05, 3.63) is 60.2 Å². The minimum Gasteiger partial charge on any atom is -0.377 e. The van der Waals surface area contributed by atoms with Gasteiger partial charge in [-0.15, -0.1) is 11.8 Å². The topological polar surface area (TPSA) is 84.5 Å². The molecule has 0 aromatic heterocycles. The molecular formula is C21H26N2O4S2. The van der Waals surface area contributed by atoms with Gasteiger partial charge in [0, 0.05) is 30.2 Å². The molecule has 1 aliphatic heterocycles. The number of amides is 1. The van der Waals surface area contributed by atoms with E-state index in [1.807, 2.05) is 18.2 Å². The number of hydrogen-bond donors (Lipinski definition) is 2. The summed E-state index contributed by atoms with van der Waals surface area (Å²) in [6.45, 7) is 1.46. The maximum atomic E-state index is 12.5. The lowest BCUT2D eigenvalue weighted by Crippen LogP contribution is -2.32. The third-order valence-corrected chi connectivity index (χ3v) is 7.07. The molecule has 2 N–H and O–H groups in total. The number of benzene rings is 2. The highest BCUT2D eigenvalue weighted by molar-refractivity contribution is 7.99. The highest BCUT2D eigenvalue weighted by Gasteiger charge is 2.21. The molecule has 1 amide bonds. The fourth-order valence-corrected chi connectivity index (χ4v) is 4.96. The highest BCUT2D eigenvalue weighted by atomic mass is 32.2. The number of nitrogens with one attached hydrogen (secondary N) is 2. The van der Waals surface area contributed by atoms with Gasteiger partial charge in [0.2, 0.25) is 10.0 Å². The molecule has 0 unspecified atom stereocenters. The Morgan fingerprint density at radius 2 is 1.97 bits per heavy atom. The van der Waals surface area contributed by atoms with E-state index >= 15 is 0 Å². The van der Waals surface area contributed by atoms with Crippen molar-refractivity contribution in [1.82, 2.24) is 10.0 Å². The summed E-state index contributed by atoms with van der Waals surface area (Å²) in [5.74, 6) is 0.622. The van der Waals surface area contributed by atoms with Gasteiger partial charge in [0.15, 0.2) is 0 Å². The Hall–Kier alpha value is -1.87. The van der Waals surface area contributed by atoms with E-state index in [9.17, 15) is 13.2 Å². The van der Waals surface area contributed by atoms with Crippen LogP contribution in [0.5, 0.6) is 0 Å². The van der Waals surface area contributed by atoms with Crippen molar-refractivity contribution < 1.29 is 17.9 Å². The van der Waals surface area contributed by atoms with Crippen LogP contribution >= 0.6 is 11.8 Å². The predicted octanol–water partition coefficient (Wildman–Crippen LogP) is 3.06. The van der Waals surface area contributed by atoms with Gasteiger partial charge in [-0.25, -0.2) is 13.1 Å². The molecule has 8 heteroatoms. The molecule has 1 heterocycles. The number of carbonyl (C=O) groups is 1. The van der Waals surface area contributed by atoms with Crippen molar-refractivity contribution in [3.63, 3.8) is 0 Å². The Kier molecular flexibility index (Phi) is 8.11. The van der Waals surface area contributed by atoms with Gasteiger partial charge in [0.25, 0.3) is 5.91 Å². The monoisotopic (exact) mass is 434 g/mol. The Bertz CT molecular complexity index is 898. The van der Waals surface area contributed by atoms with E-state index in [1.54, 1.807) is 23.9 Å². The molecule has 0 spiro atoms. The summed E-state index contributed by atoms with van der Waals surface area (Å²) >= 11 is 1.74. The average molecular weight is 435 g/mol. The molecule has 0 bridgehead atoms. The zero-order chi connectivity index (χ0) is 20.5. The van der Waals surface area contributed by atoms with Crippen molar-refractivity contribution in [2.45, 2.75) is 35.2 Å². The van der Waals surface area contributed by atoms with Crippen LogP contribution in [0.4, 0.5) is 0 Å². The summed E-state index contributed by atoms with van der Waals surface area (Å²) in [7, 11) is -3.68. The van der Waals surface area contributed by atoms with E-state index in [4.69, 9.17) is 4.74 Å². The van der Waals surface area contributed by atoms with Gasteiger partial charge < -0.3 is 10.1 Å².